The molecule has 1 aromatic carbocycles. The molecule has 0 bridgehead atoms. The van der Waals surface area contributed by atoms with Crippen LogP contribution < -0.4 is 0 Å². The third kappa shape index (κ3) is 2.74. The molecule has 0 heterocycles. The number of halogens is 1. The Morgan fingerprint density at radius 3 is 2.10 bits per heavy atom. The monoisotopic (exact) mass is 228 g/mol. The molecule has 0 atom stereocenters. The molecule has 1 radical (unpaired) electrons. The van der Waals surface area contributed by atoms with Crippen LogP contribution in [0.3, 0.4) is 0 Å². The van der Waals surface area contributed by atoms with E-state index in [1.165, 1.54) is 0 Å². The van der Waals surface area contributed by atoms with Crippen molar-refractivity contribution in [2.75, 3.05) is 0 Å². The largest absolute Gasteiger partial charge is 0.385 e. The van der Waals surface area contributed by atoms with E-state index in [4.69, 9.17) is 17.0 Å². The maximum Gasteiger partial charge on any atom is 0.385 e. The van der Waals surface area contributed by atoms with Crippen LogP contribution >= 0.6 is 11.6 Å². The van der Waals surface area contributed by atoms with Crippen molar-refractivity contribution in [1.29, 1.82) is 5.39 Å². The Bertz CT molecular complexity index is 239. The Balaban J connectivity index is 0.000000810. The van der Waals surface area contributed by atoms with Crippen LogP contribution in [0.5, 0.6) is 0 Å². The van der Waals surface area contributed by atoms with Crippen molar-refractivity contribution in [2.24, 2.45) is 0 Å². The molecular weight excluding hydrogens is 224 g/mol. The van der Waals surface area contributed by atoms with Crippen molar-refractivity contribution < 1.29 is 32.7 Å². The molecule has 4 heteroatoms. The molecule has 0 aliphatic carbocycles. The first-order chi connectivity index (χ1) is 4.33. The topological polar surface area (TPSA) is 28.1 Å². The zero-order chi connectivity index (χ0) is 6.69. The molecule has 0 aliphatic rings. The van der Waals surface area contributed by atoms with Gasteiger partial charge in [0.05, 0.1) is 0 Å². The standard InChI is InChI=1S/C6H4ClN2.Y/c7-5-1-3-6(9-8)4-2-5;/h1-4H;/q+1;. The molecule has 1 aromatic rings. The van der Waals surface area contributed by atoms with E-state index in [0.717, 1.165) is 0 Å². The fourth-order valence-corrected chi connectivity index (χ4v) is 0.634. The molecule has 0 amide bonds. The predicted molar refractivity (Wildman–Crippen MR) is 36.2 cm³/mol. The number of rotatable bonds is 0. The van der Waals surface area contributed by atoms with E-state index in [-0.39, 0.29) is 32.7 Å². The molecule has 0 aliphatic heterocycles. The Labute approximate surface area is 89.1 Å². The summed E-state index contributed by atoms with van der Waals surface area (Å²) in [5.74, 6) is 0. The van der Waals surface area contributed by atoms with E-state index in [0.29, 0.717) is 10.7 Å². The summed E-state index contributed by atoms with van der Waals surface area (Å²) >= 11 is 5.55. The summed E-state index contributed by atoms with van der Waals surface area (Å²) in [7, 11) is 0. The van der Waals surface area contributed by atoms with E-state index in [2.05, 4.69) is 4.98 Å². The quantitative estimate of drug-likeness (QED) is 0.628. The van der Waals surface area contributed by atoms with Crippen LogP contribution in [-0.4, -0.2) is 0 Å². The van der Waals surface area contributed by atoms with Gasteiger partial charge in [-0.1, -0.05) is 11.6 Å². The molecule has 2 nitrogen and oxygen atoms in total. The van der Waals surface area contributed by atoms with Gasteiger partial charge in [-0.2, -0.15) is 0 Å². The molecular formula is C6H4ClN2Y+. The van der Waals surface area contributed by atoms with E-state index < -0.39 is 0 Å². The van der Waals surface area contributed by atoms with Gasteiger partial charge in [0.1, 0.15) is 0 Å². The average Bonchev–Trinajstić information content (AvgIpc) is 1.90. The fourth-order valence-electron chi connectivity index (χ4n) is 0.508. The molecule has 47 valence electrons. The van der Waals surface area contributed by atoms with Crippen molar-refractivity contribution in [3.8, 4) is 0 Å². The summed E-state index contributed by atoms with van der Waals surface area (Å²) in [6.07, 6.45) is 0. The molecule has 0 saturated carbocycles. The summed E-state index contributed by atoms with van der Waals surface area (Å²) in [5.41, 5.74) is 0.513. The number of nitrogens with zero attached hydrogens (tertiary/aromatic N) is 2. The third-order valence-electron chi connectivity index (χ3n) is 0.942. The molecule has 0 aromatic heterocycles. The van der Waals surface area contributed by atoms with Crippen molar-refractivity contribution in [2.45, 2.75) is 0 Å². The SMILES string of the molecule is N#[N+]c1ccc(Cl)cc1.[Y]. The second-order valence-corrected chi connectivity index (χ2v) is 2.01. The summed E-state index contributed by atoms with van der Waals surface area (Å²) in [6, 6.07) is 6.58. The van der Waals surface area contributed by atoms with E-state index >= 15 is 0 Å². The minimum Gasteiger partial charge on any atom is -0.0843 e. The van der Waals surface area contributed by atoms with E-state index in [9.17, 15) is 0 Å². The van der Waals surface area contributed by atoms with Crippen molar-refractivity contribution in [1.82, 2.24) is 0 Å². The Morgan fingerprint density at radius 2 is 1.70 bits per heavy atom. The summed E-state index contributed by atoms with van der Waals surface area (Å²) in [4.78, 5) is 2.95. The molecule has 0 N–H and O–H groups in total. The first-order valence-electron chi connectivity index (χ1n) is 2.43. The fraction of sp³-hybridized carbons (Fsp3) is 0. The van der Waals surface area contributed by atoms with Gasteiger partial charge >= 0.3 is 5.69 Å². The number of hydrogen-bond donors (Lipinski definition) is 0. The molecule has 0 unspecified atom stereocenters. The van der Waals surface area contributed by atoms with Crippen LogP contribution in [0.25, 0.3) is 4.98 Å². The van der Waals surface area contributed by atoms with Gasteiger partial charge in [-0.15, -0.1) is 0 Å². The van der Waals surface area contributed by atoms with Crippen molar-refractivity contribution in [3.05, 3.63) is 34.3 Å². The van der Waals surface area contributed by atoms with Gasteiger partial charge in [0, 0.05) is 49.9 Å². The molecule has 0 fully saturated rings. The van der Waals surface area contributed by atoms with E-state index in [1.54, 1.807) is 24.3 Å². The molecule has 10 heavy (non-hydrogen) atoms. The Kier molecular flexibility index (Phi) is 4.81. The number of diazo groups is 1. The zero-order valence-electron chi connectivity index (χ0n) is 5.16. The van der Waals surface area contributed by atoms with Gasteiger partial charge in [0.15, 0.2) is 4.98 Å². The molecule has 0 spiro atoms. The van der Waals surface area contributed by atoms with Gasteiger partial charge < -0.3 is 0 Å². The van der Waals surface area contributed by atoms with Crippen LogP contribution in [0.15, 0.2) is 24.3 Å². The Morgan fingerprint density at radius 1 is 1.20 bits per heavy atom. The first kappa shape index (κ1) is 10.0. The van der Waals surface area contributed by atoms with Crippen LogP contribution in [-0.2, 0) is 32.7 Å². The summed E-state index contributed by atoms with van der Waals surface area (Å²) in [6.45, 7) is 0. The van der Waals surface area contributed by atoms with Gasteiger partial charge in [0.2, 0.25) is 5.39 Å². The van der Waals surface area contributed by atoms with Crippen molar-refractivity contribution in [3.63, 3.8) is 0 Å². The van der Waals surface area contributed by atoms with E-state index in [1.807, 2.05) is 0 Å². The van der Waals surface area contributed by atoms with Gasteiger partial charge in [-0.25, -0.2) is 0 Å². The maximum atomic E-state index is 8.21. The smallest absolute Gasteiger partial charge is 0.0843 e. The second-order valence-electron chi connectivity index (χ2n) is 1.58. The van der Waals surface area contributed by atoms with Gasteiger partial charge in [0.25, 0.3) is 0 Å². The molecule has 1 rings (SSSR count). The maximum absolute atomic E-state index is 8.21. The van der Waals surface area contributed by atoms with Crippen LogP contribution in [0, 0.1) is 5.39 Å². The van der Waals surface area contributed by atoms with Crippen molar-refractivity contribution >= 4 is 17.3 Å². The second kappa shape index (κ2) is 4.79. The zero-order valence-corrected chi connectivity index (χ0v) is 8.75. The minimum atomic E-state index is 0. The van der Waals surface area contributed by atoms with Crippen LogP contribution in [0.2, 0.25) is 5.02 Å². The third-order valence-corrected chi connectivity index (χ3v) is 1.19. The average molecular weight is 228 g/mol. The molecule has 0 saturated heterocycles. The minimum absolute atomic E-state index is 0. The Hall–Kier alpha value is 0.0339. The predicted octanol–water partition coefficient (Wildman–Crippen LogP) is 2.82. The summed E-state index contributed by atoms with van der Waals surface area (Å²) in [5, 5.41) is 8.85. The first-order valence-corrected chi connectivity index (χ1v) is 2.81. The van der Waals surface area contributed by atoms with Crippen LogP contribution in [0.4, 0.5) is 5.69 Å². The van der Waals surface area contributed by atoms with Crippen LogP contribution in [0.1, 0.15) is 0 Å². The summed E-state index contributed by atoms with van der Waals surface area (Å²) < 4.78 is 0. The van der Waals surface area contributed by atoms with Gasteiger partial charge in [-0.3, -0.25) is 0 Å². The normalized spacial score (nSPS) is 7.60. The van der Waals surface area contributed by atoms with Gasteiger partial charge in [-0.05, 0) is 12.1 Å². The number of hydrogen-bond acceptors (Lipinski definition) is 1. The number of benzene rings is 1.